The highest BCUT2D eigenvalue weighted by molar-refractivity contribution is 7.17. The Labute approximate surface area is 124 Å². The highest BCUT2D eigenvalue weighted by atomic mass is 35.5. The largest absolute Gasteiger partial charge is 0.506 e. The summed E-state index contributed by atoms with van der Waals surface area (Å²) >= 11 is 7.05. The minimum Gasteiger partial charge on any atom is -0.506 e. The fraction of sp³-hybridized carbons (Fsp3) is 0.154. The number of anilines is 1. The number of aryl methyl sites for hydroxylation is 1. The van der Waals surface area contributed by atoms with Gasteiger partial charge >= 0.3 is 0 Å². The molecule has 0 aliphatic carbocycles. The van der Waals surface area contributed by atoms with E-state index in [-0.39, 0.29) is 16.6 Å². The molecule has 1 aromatic heterocycles. The summed E-state index contributed by atoms with van der Waals surface area (Å²) in [6, 6.07) is 4.77. The average Bonchev–Trinajstić information content (AvgIpc) is 2.75. The van der Waals surface area contributed by atoms with Gasteiger partial charge in [-0.15, -0.1) is 0 Å². The second-order valence-corrected chi connectivity index (χ2v) is 5.48. The zero-order valence-corrected chi connectivity index (χ0v) is 12.4. The van der Waals surface area contributed by atoms with E-state index < -0.39 is 0 Å². The van der Waals surface area contributed by atoms with Crippen LogP contribution in [0.3, 0.4) is 0 Å². The molecule has 20 heavy (non-hydrogen) atoms. The Morgan fingerprint density at radius 1 is 1.55 bits per heavy atom. The molecule has 1 heterocycles. The highest BCUT2D eigenvalue weighted by Gasteiger charge is 2.10. The number of aromatic hydroxyl groups is 1. The SMILES string of the molecule is CC(=O)c1sc(N/N=C\c2ccc(O)c(Cl)c2)nc1C. The smallest absolute Gasteiger partial charge is 0.204 e. The Bertz CT molecular complexity index is 682. The lowest BCUT2D eigenvalue weighted by molar-refractivity contribution is 0.102. The molecule has 0 bridgehead atoms. The van der Waals surface area contributed by atoms with Crippen molar-refractivity contribution in [2.24, 2.45) is 5.10 Å². The number of ketones is 1. The Morgan fingerprint density at radius 3 is 2.90 bits per heavy atom. The number of Topliss-reactive ketones (excluding diaryl/α,β-unsaturated/α-hetero) is 1. The maximum atomic E-state index is 11.3. The second-order valence-electron chi connectivity index (χ2n) is 4.07. The van der Waals surface area contributed by atoms with E-state index in [9.17, 15) is 9.90 Å². The van der Waals surface area contributed by atoms with E-state index in [1.807, 2.05) is 0 Å². The zero-order valence-electron chi connectivity index (χ0n) is 10.8. The molecule has 0 radical (unpaired) electrons. The lowest BCUT2D eigenvalue weighted by Gasteiger charge is -1.97. The van der Waals surface area contributed by atoms with Crippen LogP contribution in [0.4, 0.5) is 5.13 Å². The van der Waals surface area contributed by atoms with Crippen LogP contribution in [0.2, 0.25) is 5.02 Å². The van der Waals surface area contributed by atoms with Gasteiger partial charge in [0.25, 0.3) is 0 Å². The third-order valence-corrected chi connectivity index (χ3v) is 3.93. The molecule has 0 aliphatic rings. The van der Waals surface area contributed by atoms with Crippen LogP contribution in [0.25, 0.3) is 0 Å². The van der Waals surface area contributed by atoms with Gasteiger partial charge in [-0.3, -0.25) is 10.2 Å². The quantitative estimate of drug-likeness (QED) is 0.515. The minimum absolute atomic E-state index is 0.0117. The zero-order chi connectivity index (χ0) is 14.7. The van der Waals surface area contributed by atoms with Gasteiger partial charge in [0.05, 0.1) is 21.8 Å². The topological polar surface area (TPSA) is 74.6 Å². The number of nitrogens with one attached hydrogen (secondary N) is 1. The number of carbonyl (C=O) groups is 1. The van der Waals surface area contributed by atoms with Crippen LogP contribution >= 0.6 is 22.9 Å². The highest BCUT2D eigenvalue weighted by Crippen LogP contribution is 2.24. The van der Waals surface area contributed by atoms with Gasteiger partial charge in [0, 0.05) is 6.92 Å². The number of nitrogens with zero attached hydrogens (tertiary/aromatic N) is 2. The van der Waals surface area contributed by atoms with Gasteiger partial charge < -0.3 is 5.11 Å². The standard InChI is InChI=1S/C13H12ClN3O2S/c1-7-12(8(2)18)20-13(16-7)17-15-6-9-3-4-11(19)10(14)5-9/h3-6,19H,1-2H3,(H,16,17)/b15-6-. The molecule has 104 valence electrons. The number of phenolic OH excluding ortho intramolecular Hbond substituents is 1. The molecular weight excluding hydrogens is 298 g/mol. The molecule has 0 atom stereocenters. The number of rotatable bonds is 4. The molecular formula is C13H12ClN3O2S. The number of phenols is 1. The molecule has 5 nitrogen and oxygen atoms in total. The molecule has 0 unspecified atom stereocenters. The summed E-state index contributed by atoms with van der Waals surface area (Å²) in [6.07, 6.45) is 1.55. The van der Waals surface area contributed by atoms with Crippen LogP contribution in [0.15, 0.2) is 23.3 Å². The monoisotopic (exact) mass is 309 g/mol. The van der Waals surface area contributed by atoms with Gasteiger partial charge in [-0.1, -0.05) is 22.9 Å². The lowest BCUT2D eigenvalue weighted by atomic mass is 10.2. The predicted molar refractivity (Wildman–Crippen MR) is 81.2 cm³/mol. The Kier molecular flexibility index (Phi) is 4.36. The van der Waals surface area contributed by atoms with Gasteiger partial charge in [-0.25, -0.2) is 4.98 Å². The Balaban J connectivity index is 2.08. The van der Waals surface area contributed by atoms with Crippen LogP contribution < -0.4 is 5.43 Å². The Hall–Kier alpha value is -1.92. The summed E-state index contributed by atoms with van der Waals surface area (Å²) in [5, 5.41) is 14.1. The first-order valence-corrected chi connectivity index (χ1v) is 6.93. The summed E-state index contributed by atoms with van der Waals surface area (Å²) in [6.45, 7) is 3.29. The van der Waals surface area contributed by atoms with Crippen molar-refractivity contribution < 1.29 is 9.90 Å². The molecule has 0 spiro atoms. The summed E-state index contributed by atoms with van der Waals surface area (Å²) < 4.78 is 0. The van der Waals surface area contributed by atoms with Crippen LogP contribution in [0.1, 0.15) is 27.9 Å². The summed E-state index contributed by atoms with van der Waals surface area (Å²) in [5.74, 6) is 0.0146. The molecule has 2 N–H and O–H groups in total. The van der Waals surface area contributed by atoms with Gasteiger partial charge in [0.1, 0.15) is 5.75 Å². The maximum absolute atomic E-state index is 11.3. The van der Waals surface area contributed by atoms with Crippen molar-refractivity contribution in [2.45, 2.75) is 13.8 Å². The van der Waals surface area contributed by atoms with Crippen molar-refractivity contribution in [3.63, 3.8) is 0 Å². The van der Waals surface area contributed by atoms with Crippen LogP contribution in [-0.4, -0.2) is 22.1 Å². The van der Waals surface area contributed by atoms with E-state index in [1.54, 1.807) is 25.3 Å². The fourth-order valence-corrected chi connectivity index (χ4v) is 2.54. The van der Waals surface area contributed by atoms with Crippen molar-refractivity contribution in [3.05, 3.63) is 39.4 Å². The number of halogens is 1. The molecule has 1 aromatic carbocycles. The molecule has 2 aromatic rings. The number of carbonyl (C=O) groups excluding carboxylic acids is 1. The van der Waals surface area contributed by atoms with E-state index in [0.29, 0.717) is 15.7 Å². The first-order chi connectivity index (χ1) is 9.47. The first-order valence-electron chi connectivity index (χ1n) is 5.73. The van der Waals surface area contributed by atoms with Crippen molar-refractivity contribution in [1.29, 1.82) is 0 Å². The summed E-state index contributed by atoms with van der Waals surface area (Å²) in [7, 11) is 0. The minimum atomic E-state index is -0.0117. The number of aromatic nitrogens is 1. The van der Waals surface area contributed by atoms with Crippen molar-refractivity contribution in [1.82, 2.24) is 4.98 Å². The van der Waals surface area contributed by atoms with Crippen LogP contribution in [-0.2, 0) is 0 Å². The summed E-state index contributed by atoms with van der Waals surface area (Å²) in [5.41, 5.74) is 4.19. The molecule has 0 aliphatic heterocycles. The molecule has 0 fully saturated rings. The molecule has 0 saturated carbocycles. The van der Waals surface area contributed by atoms with Gasteiger partial charge in [0.15, 0.2) is 5.78 Å². The van der Waals surface area contributed by atoms with E-state index in [1.165, 1.54) is 24.3 Å². The van der Waals surface area contributed by atoms with E-state index in [2.05, 4.69) is 15.5 Å². The molecule has 0 amide bonds. The lowest BCUT2D eigenvalue weighted by Crippen LogP contribution is -1.90. The van der Waals surface area contributed by atoms with Gasteiger partial charge in [-0.2, -0.15) is 5.10 Å². The second kappa shape index (κ2) is 6.02. The number of hydrogen-bond acceptors (Lipinski definition) is 6. The Morgan fingerprint density at radius 2 is 2.30 bits per heavy atom. The molecule has 0 saturated heterocycles. The van der Waals surface area contributed by atoms with Gasteiger partial charge in [-0.05, 0) is 30.7 Å². The van der Waals surface area contributed by atoms with E-state index in [0.717, 1.165) is 5.56 Å². The number of benzene rings is 1. The van der Waals surface area contributed by atoms with Crippen LogP contribution in [0.5, 0.6) is 5.75 Å². The summed E-state index contributed by atoms with van der Waals surface area (Å²) in [4.78, 5) is 16.1. The number of hydrogen-bond donors (Lipinski definition) is 2. The van der Waals surface area contributed by atoms with E-state index in [4.69, 9.17) is 11.6 Å². The molecule has 7 heteroatoms. The van der Waals surface area contributed by atoms with Crippen LogP contribution in [0, 0.1) is 6.92 Å². The van der Waals surface area contributed by atoms with Crippen molar-refractivity contribution in [3.8, 4) is 5.75 Å². The third kappa shape index (κ3) is 3.34. The average molecular weight is 310 g/mol. The number of hydrazone groups is 1. The third-order valence-electron chi connectivity index (χ3n) is 2.46. The van der Waals surface area contributed by atoms with E-state index >= 15 is 0 Å². The molecule has 2 rings (SSSR count). The van der Waals surface area contributed by atoms with Gasteiger partial charge in [0.2, 0.25) is 5.13 Å². The normalized spacial score (nSPS) is 10.9. The number of thiazole rings is 1. The first kappa shape index (κ1) is 14.5. The van der Waals surface area contributed by atoms with Crippen molar-refractivity contribution >= 4 is 40.1 Å². The maximum Gasteiger partial charge on any atom is 0.204 e. The predicted octanol–water partition coefficient (Wildman–Crippen LogP) is 3.46. The fourth-order valence-electron chi connectivity index (χ4n) is 1.54. The van der Waals surface area contributed by atoms with Crippen molar-refractivity contribution in [2.75, 3.05) is 5.43 Å².